The summed E-state index contributed by atoms with van der Waals surface area (Å²) >= 11 is 0. The van der Waals surface area contributed by atoms with Gasteiger partial charge in [0.2, 0.25) is 11.8 Å². The summed E-state index contributed by atoms with van der Waals surface area (Å²) in [6.07, 6.45) is -6.01. The van der Waals surface area contributed by atoms with Crippen molar-refractivity contribution in [2.24, 2.45) is 5.92 Å². The van der Waals surface area contributed by atoms with Crippen LogP contribution in [-0.2, 0) is 9.59 Å². The molecule has 3 rings (SSSR count). The summed E-state index contributed by atoms with van der Waals surface area (Å²) in [5.74, 6) is -2.47. The Kier molecular flexibility index (Phi) is 6.61. The van der Waals surface area contributed by atoms with Crippen LogP contribution in [0.2, 0.25) is 0 Å². The molecule has 0 saturated carbocycles. The molecule has 1 aliphatic carbocycles. The summed E-state index contributed by atoms with van der Waals surface area (Å²) in [6.45, 7) is 0.978. The molecular formula is C21H25F3N2O5. The van der Waals surface area contributed by atoms with Gasteiger partial charge >= 0.3 is 6.18 Å². The van der Waals surface area contributed by atoms with Crippen LogP contribution in [0.15, 0.2) is 35.9 Å². The number of nitrogens with zero attached hydrogens (tertiary/aromatic N) is 1. The lowest BCUT2D eigenvalue weighted by Gasteiger charge is -2.41. The number of halogens is 3. The molecule has 0 saturated heterocycles. The van der Waals surface area contributed by atoms with Gasteiger partial charge in [0.05, 0.1) is 18.6 Å². The molecule has 0 radical (unpaired) electrons. The second-order valence-electron chi connectivity index (χ2n) is 7.92. The Hall–Kier alpha value is -2.59. The van der Waals surface area contributed by atoms with Crippen LogP contribution >= 0.6 is 0 Å². The zero-order valence-electron chi connectivity index (χ0n) is 17.1. The van der Waals surface area contributed by atoms with E-state index in [1.807, 2.05) is 0 Å². The van der Waals surface area contributed by atoms with Gasteiger partial charge in [0.1, 0.15) is 24.5 Å². The molecule has 0 unspecified atom stereocenters. The molecule has 2 amide bonds. The average Bonchev–Trinajstić information content (AvgIpc) is 3.10. The molecule has 10 heteroatoms. The number of para-hydroxylation sites is 1. The van der Waals surface area contributed by atoms with Crippen molar-refractivity contribution in [1.29, 1.82) is 0 Å². The summed E-state index contributed by atoms with van der Waals surface area (Å²) in [5.41, 5.74) is 0.704. The third-order valence-electron chi connectivity index (χ3n) is 5.36. The number of aliphatic hydroxyl groups excluding tert-OH is 2. The van der Waals surface area contributed by atoms with Crippen LogP contribution in [-0.4, -0.2) is 71.0 Å². The first-order valence-electron chi connectivity index (χ1n) is 9.96. The standard InChI is InChI=1S/C21H25F3N2O5/c1-11(2)20(30)26(10-21(22,23)24)14-9-13(19(29)25-7-8-27)16-12-5-3-4-6-15(12)31-18(16)17(14)28/h3-6,9,11,14,16-18,27-28H,7-8,10H2,1-2H3,(H,25,29)/t14-,16+,17+,18+/m1/s1. The van der Waals surface area contributed by atoms with Gasteiger partial charge in [-0.2, -0.15) is 13.2 Å². The van der Waals surface area contributed by atoms with Gasteiger partial charge < -0.3 is 25.2 Å². The molecule has 3 N–H and O–H groups in total. The van der Waals surface area contributed by atoms with Gasteiger partial charge in [0.25, 0.3) is 0 Å². The number of rotatable bonds is 6. The first-order chi connectivity index (χ1) is 14.5. The number of nitrogens with one attached hydrogen (secondary N) is 1. The number of hydrogen-bond donors (Lipinski definition) is 3. The molecule has 31 heavy (non-hydrogen) atoms. The highest BCUT2D eigenvalue weighted by Crippen LogP contribution is 2.47. The minimum atomic E-state index is -4.70. The fourth-order valence-corrected chi connectivity index (χ4v) is 4.05. The van der Waals surface area contributed by atoms with E-state index in [0.29, 0.717) is 16.2 Å². The maximum Gasteiger partial charge on any atom is 0.406 e. The summed E-state index contributed by atoms with van der Waals surface area (Å²) in [6, 6.07) is 5.37. The fourth-order valence-electron chi connectivity index (χ4n) is 4.05. The predicted octanol–water partition coefficient (Wildman–Crippen LogP) is 1.36. The maximum atomic E-state index is 13.3. The van der Waals surface area contributed by atoms with Crippen molar-refractivity contribution in [1.82, 2.24) is 10.2 Å². The van der Waals surface area contributed by atoms with E-state index in [0.717, 1.165) is 0 Å². The Labute approximate surface area is 177 Å². The number of hydrogen-bond acceptors (Lipinski definition) is 5. The van der Waals surface area contributed by atoms with Crippen molar-refractivity contribution in [3.05, 3.63) is 41.5 Å². The van der Waals surface area contributed by atoms with E-state index in [9.17, 15) is 27.9 Å². The lowest BCUT2D eigenvalue weighted by Crippen LogP contribution is -2.58. The van der Waals surface area contributed by atoms with E-state index >= 15 is 0 Å². The van der Waals surface area contributed by atoms with Gasteiger partial charge in [-0.25, -0.2) is 0 Å². The highest BCUT2D eigenvalue weighted by Gasteiger charge is 2.51. The molecule has 1 aromatic carbocycles. The molecule has 1 aliphatic heterocycles. The third-order valence-corrected chi connectivity index (χ3v) is 5.36. The zero-order valence-corrected chi connectivity index (χ0v) is 17.1. The second kappa shape index (κ2) is 8.88. The van der Waals surface area contributed by atoms with Crippen molar-refractivity contribution in [2.45, 2.75) is 44.2 Å². The number of amides is 2. The Bertz CT molecular complexity index is 871. The van der Waals surface area contributed by atoms with Crippen LogP contribution in [0, 0.1) is 5.92 Å². The quantitative estimate of drug-likeness (QED) is 0.618. The minimum Gasteiger partial charge on any atom is -0.486 e. The van der Waals surface area contributed by atoms with E-state index in [4.69, 9.17) is 9.84 Å². The smallest absolute Gasteiger partial charge is 0.406 e. The van der Waals surface area contributed by atoms with E-state index in [1.165, 1.54) is 19.9 Å². The molecule has 0 aromatic heterocycles. The number of fused-ring (bicyclic) bond motifs is 3. The number of ether oxygens (including phenoxy) is 1. The van der Waals surface area contributed by atoms with Crippen LogP contribution in [0.4, 0.5) is 13.2 Å². The first-order valence-corrected chi connectivity index (χ1v) is 9.96. The fraction of sp³-hybridized carbons (Fsp3) is 0.524. The van der Waals surface area contributed by atoms with Crippen molar-refractivity contribution in [3.63, 3.8) is 0 Å². The number of alkyl halides is 3. The van der Waals surface area contributed by atoms with Crippen LogP contribution in [0.5, 0.6) is 5.75 Å². The van der Waals surface area contributed by atoms with E-state index in [-0.39, 0.29) is 18.7 Å². The first kappa shape index (κ1) is 23.1. The molecule has 0 spiro atoms. The Morgan fingerprint density at radius 2 is 1.94 bits per heavy atom. The summed E-state index contributed by atoms with van der Waals surface area (Å²) in [4.78, 5) is 26.0. The lowest BCUT2D eigenvalue weighted by molar-refractivity contribution is -0.172. The average molecular weight is 442 g/mol. The van der Waals surface area contributed by atoms with E-state index in [1.54, 1.807) is 24.3 Å². The molecule has 1 aromatic rings. The Balaban J connectivity index is 2.07. The Morgan fingerprint density at radius 1 is 1.26 bits per heavy atom. The second-order valence-corrected chi connectivity index (χ2v) is 7.92. The van der Waals surface area contributed by atoms with Gasteiger partial charge in [-0.05, 0) is 12.1 Å². The molecule has 2 aliphatic rings. The topological polar surface area (TPSA) is 99.1 Å². The molecule has 0 fully saturated rings. The van der Waals surface area contributed by atoms with Crippen molar-refractivity contribution in [2.75, 3.05) is 19.7 Å². The molecule has 0 bridgehead atoms. The number of benzene rings is 1. The van der Waals surface area contributed by atoms with Crippen molar-refractivity contribution in [3.8, 4) is 5.75 Å². The summed E-state index contributed by atoms with van der Waals surface area (Å²) in [7, 11) is 0. The van der Waals surface area contributed by atoms with Crippen LogP contribution in [0.3, 0.4) is 0 Å². The van der Waals surface area contributed by atoms with Gasteiger partial charge in [-0.15, -0.1) is 0 Å². The van der Waals surface area contributed by atoms with Crippen LogP contribution in [0.1, 0.15) is 25.3 Å². The van der Waals surface area contributed by atoms with Gasteiger partial charge in [-0.3, -0.25) is 9.59 Å². The summed E-state index contributed by atoms with van der Waals surface area (Å²) < 4.78 is 45.7. The third kappa shape index (κ3) is 4.69. The number of aliphatic hydroxyl groups is 2. The molecular weight excluding hydrogens is 417 g/mol. The lowest BCUT2D eigenvalue weighted by atomic mass is 9.77. The van der Waals surface area contributed by atoms with Crippen molar-refractivity contribution >= 4 is 11.8 Å². The summed E-state index contributed by atoms with van der Waals surface area (Å²) in [5, 5.41) is 22.5. The number of carbonyl (C=O) groups is 2. The zero-order chi connectivity index (χ0) is 22.9. The van der Waals surface area contributed by atoms with Crippen LogP contribution in [0.25, 0.3) is 0 Å². The molecule has 4 atom stereocenters. The van der Waals surface area contributed by atoms with Gasteiger partial charge in [0.15, 0.2) is 0 Å². The number of carbonyl (C=O) groups excluding carboxylic acids is 2. The monoisotopic (exact) mass is 442 g/mol. The molecule has 170 valence electrons. The molecule has 7 nitrogen and oxygen atoms in total. The van der Waals surface area contributed by atoms with Crippen molar-refractivity contribution < 1.29 is 37.7 Å². The maximum absolute atomic E-state index is 13.3. The van der Waals surface area contributed by atoms with E-state index in [2.05, 4.69) is 5.32 Å². The highest BCUT2D eigenvalue weighted by atomic mass is 19.4. The van der Waals surface area contributed by atoms with Gasteiger partial charge in [-0.1, -0.05) is 32.0 Å². The SMILES string of the molecule is CC(C)C(=O)N(CC(F)(F)F)[C@@H]1C=C(C(=O)NCCO)[C@@H]2c3ccccc3O[C@@H]2[C@H]1O. The Morgan fingerprint density at radius 3 is 2.55 bits per heavy atom. The highest BCUT2D eigenvalue weighted by molar-refractivity contribution is 5.96. The van der Waals surface area contributed by atoms with Gasteiger partial charge in [0, 0.05) is 23.6 Å². The molecule has 1 heterocycles. The van der Waals surface area contributed by atoms with E-state index < -0.39 is 54.6 Å². The largest absolute Gasteiger partial charge is 0.486 e. The van der Waals surface area contributed by atoms with Crippen LogP contribution < -0.4 is 10.1 Å². The normalized spacial score (nSPS) is 24.7. The minimum absolute atomic E-state index is 0.0551. The predicted molar refractivity (Wildman–Crippen MR) is 104 cm³/mol.